The van der Waals surface area contributed by atoms with Crippen LogP contribution in [0.15, 0.2) is 0 Å². The van der Waals surface area contributed by atoms with E-state index in [0.29, 0.717) is 25.8 Å². The number of carbonyl (C=O) groups excluding carboxylic acids is 9. The van der Waals surface area contributed by atoms with Crippen molar-refractivity contribution in [2.75, 3.05) is 68.5 Å². The normalized spacial score (nSPS) is 28.1. The minimum atomic E-state index is -1.73. The Morgan fingerprint density at radius 2 is 1.08 bits per heavy atom. The van der Waals surface area contributed by atoms with Gasteiger partial charge in [0.15, 0.2) is 0 Å². The minimum absolute atomic E-state index is 0.0477. The molecule has 2 fully saturated rings. The zero-order valence-corrected chi connectivity index (χ0v) is 55.5. The summed E-state index contributed by atoms with van der Waals surface area (Å²) in [5, 5.41) is 45.6. The fraction of sp³-hybridized carbons (Fsp3) is 0.852. The Morgan fingerprint density at radius 3 is 1.59 bits per heavy atom. The molecular formula is C61H113N11O13. The van der Waals surface area contributed by atoms with Crippen LogP contribution in [-0.4, -0.2) is 244 Å². The van der Waals surface area contributed by atoms with E-state index in [0.717, 1.165) is 34.1 Å². The average Bonchev–Trinajstić information content (AvgIpc) is 3.66. The predicted octanol–water partition coefficient (Wildman–Crippen LogP) is 2.66. The lowest BCUT2D eigenvalue weighted by Gasteiger charge is -2.40. The number of esters is 1. The number of amides is 8. The summed E-state index contributed by atoms with van der Waals surface area (Å²) in [5.41, 5.74) is 0. The first-order chi connectivity index (χ1) is 39.4. The number of likely N-dealkylation sites (tertiary alicyclic amines) is 1. The third-order valence-electron chi connectivity index (χ3n) is 16.6. The van der Waals surface area contributed by atoms with Crippen LogP contribution < -0.4 is 21.3 Å². The summed E-state index contributed by atoms with van der Waals surface area (Å²) < 4.78 is 5.49. The van der Waals surface area contributed by atoms with Crippen LogP contribution in [0.2, 0.25) is 0 Å². The zero-order chi connectivity index (χ0) is 65.2. The highest BCUT2D eigenvalue weighted by Crippen LogP contribution is 2.26. The van der Waals surface area contributed by atoms with Crippen LogP contribution >= 0.6 is 0 Å². The van der Waals surface area contributed by atoms with Gasteiger partial charge in [0.2, 0.25) is 41.4 Å². The monoisotopic (exact) mass is 1210 g/mol. The maximum Gasteiger partial charge on any atom is 0.417 e. The molecule has 0 aromatic heterocycles. The van der Waals surface area contributed by atoms with Crippen LogP contribution in [0.25, 0.3) is 0 Å². The van der Waals surface area contributed by atoms with Crippen molar-refractivity contribution in [3.63, 3.8) is 0 Å². The first-order valence-electron chi connectivity index (χ1n) is 31.0. The van der Waals surface area contributed by atoms with Gasteiger partial charge in [0.25, 0.3) is 0 Å². The number of likely N-dealkylation sites (N-methyl/N-ethyl adjacent to an activating group) is 5. The van der Waals surface area contributed by atoms with Crippen molar-refractivity contribution in [2.24, 2.45) is 41.4 Å². The lowest BCUT2D eigenvalue weighted by molar-refractivity contribution is -0.155. The number of ether oxygens (including phenoxy) is 1. The molecule has 2 rings (SSSR count). The molecule has 2 aliphatic heterocycles. The van der Waals surface area contributed by atoms with E-state index in [2.05, 4.69) is 26.2 Å². The van der Waals surface area contributed by atoms with Crippen LogP contribution in [0, 0.1) is 41.4 Å². The average molecular weight is 1210 g/mol. The smallest absolute Gasteiger partial charge is 0.395 e. The molecular weight excluding hydrogens is 1090 g/mol. The molecule has 2 heterocycles. The Labute approximate surface area is 508 Å². The van der Waals surface area contributed by atoms with E-state index in [-0.39, 0.29) is 61.5 Å². The molecule has 85 heavy (non-hydrogen) atoms. The number of aliphatic hydroxyl groups excluding tert-OH is 3. The number of cyclic esters (lactones) is 2. The highest BCUT2D eigenvalue weighted by Gasteiger charge is 2.45. The summed E-state index contributed by atoms with van der Waals surface area (Å²) in [6.45, 7) is 27.6. The molecule has 24 heteroatoms. The topological polar surface area (TPSA) is 294 Å². The molecule has 0 spiro atoms. The van der Waals surface area contributed by atoms with Crippen molar-refractivity contribution in [3.05, 3.63) is 0 Å². The number of aliphatic hydroxyl groups is 3. The van der Waals surface area contributed by atoms with Gasteiger partial charge in [-0.2, -0.15) is 0 Å². The first-order valence-corrected chi connectivity index (χ1v) is 31.0. The largest absolute Gasteiger partial charge is 0.417 e. The predicted molar refractivity (Wildman–Crippen MR) is 326 cm³/mol. The summed E-state index contributed by atoms with van der Waals surface area (Å²) in [7, 11) is 8.62. The summed E-state index contributed by atoms with van der Waals surface area (Å²) in [4.78, 5) is 141. The molecule has 2 aliphatic rings. The van der Waals surface area contributed by atoms with E-state index >= 15 is 4.79 Å². The molecule has 0 radical (unpaired) electrons. The molecule has 8 amide bonds. The van der Waals surface area contributed by atoms with Crippen molar-refractivity contribution in [2.45, 2.75) is 228 Å². The Kier molecular flexibility index (Phi) is 31.4. The number of hydrogen-bond acceptors (Lipinski definition) is 16. The second-order valence-electron chi connectivity index (χ2n) is 26.9. The van der Waals surface area contributed by atoms with Gasteiger partial charge in [0, 0.05) is 41.3 Å². The second kappa shape index (κ2) is 35.1. The van der Waals surface area contributed by atoms with Crippen LogP contribution in [0.3, 0.4) is 0 Å². The number of hydrogen-bond donors (Lipinski definition) is 7. The highest BCUT2D eigenvalue weighted by molar-refractivity contribution is 5.98. The molecule has 7 N–H and O–H groups in total. The van der Waals surface area contributed by atoms with E-state index in [4.69, 9.17) is 4.74 Å². The minimum Gasteiger partial charge on any atom is -0.395 e. The molecule has 2 saturated heterocycles. The molecule has 0 saturated carbocycles. The lowest BCUT2D eigenvalue weighted by Crippen LogP contribution is -2.64. The summed E-state index contributed by atoms with van der Waals surface area (Å²) in [6, 6.07) is -9.44. The van der Waals surface area contributed by atoms with Crippen molar-refractivity contribution < 1.29 is 63.2 Å². The van der Waals surface area contributed by atoms with Gasteiger partial charge in [-0.1, -0.05) is 90.0 Å². The van der Waals surface area contributed by atoms with Crippen molar-refractivity contribution >= 4 is 53.4 Å². The fourth-order valence-corrected chi connectivity index (χ4v) is 11.4. The van der Waals surface area contributed by atoms with Crippen LogP contribution in [0.4, 0.5) is 4.79 Å². The number of nitrogens with one attached hydrogen (secondary N) is 4. The van der Waals surface area contributed by atoms with Crippen molar-refractivity contribution in [1.29, 1.82) is 0 Å². The Hall–Kier alpha value is -5.01. The van der Waals surface area contributed by atoms with Gasteiger partial charge >= 0.3 is 12.1 Å². The van der Waals surface area contributed by atoms with Crippen molar-refractivity contribution in [1.82, 2.24) is 55.6 Å². The van der Waals surface area contributed by atoms with Gasteiger partial charge in [0.05, 0.1) is 37.7 Å². The van der Waals surface area contributed by atoms with Gasteiger partial charge in [-0.15, -0.1) is 0 Å². The molecule has 3 unspecified atom stereocenters. The maximum absolute atomic E-state index is 15.2. The van der Waals surface area contributed by atoms with E-state index < -0.39 is 139 Å². The summed E-state index contributed by atoms with van der Waals surface area (Å²) in [6.07, 6.45) is -2.18. The third-order valence-corrected chi connectivity index (χ3v) is 16.6. The fourth-order valence-electron chi connectivity index (χ4n) is 11.4. The molecule has 0 aliphatic carbocycles. The van der Waals surface area contributed by atoms with Crippen LogP contribution in [0.5, 0.6) is 0 Å². The van der Waals surface area contributed by atoms with Gasteiger partial charge in [-0.3, -0.25) is 53.6 Å². The molecule has 0 bridgehead atoms. The standard InChI is InChI=1S/C61H113N11O13/c1-34(2)27-44-57(80)70(20)51(39(11)12)59(82)71(21)52(53(76)40(13)24-26-72-25-22-23-43(72)33-73)56(79)65-50(42(15)74)58(81)66(16)32-49(75)67(17)45(28-35(3)4)55(78)64-48(31-38(9)10)69(19)47(30-37(7)8)62-41(14)60(83)85-61(84)68(18)46(29-36(5)6)54(77)63-44/h34-48,50-53,62,73-74,76H,22-33H2,1-21H3,(H,63,77)(H,64,78)(H,65,79)/t40-,41-,42-,43+,44-,45+,46-,47-,48+,50?,51?,52?,53-/m1/s1. The van der Waals surface area contributed by atoms with Crippen LogP contribution in [-0.2, 0) is 43.1 Å². The van der Waals surface area contributed by atoms with Gasteiger partial charge in [-0.05, 0) is 127 Å². The SMILES string of the molecule is CC(C)C[C@@H]1C(=O)N[C@H](CC(C)C)C(=O)N(C)C(C(C)C)C(=O)N(C)C([C@H](O)[C@H](C)CCN2CCC[C@H]2CO)C(=O)NC([C@@H](C)O)C(=O)N(C)CC(=O)N(C)[C@@H](CC(C)C)C(=O)N[C@H](CC(C)C)N(C)[C@H](CC(C)C)N[C@H](C)C(=O)OC(=O)N1C. The van der Waals surface area contributed by atoms with Gasteiger partial charge in [0.1, 0.15) is 42.3 Å². The third kappa shape index (κ3) is 22.6. The Morgan fingerprint density at radius 1 is 0.576 bits per heavy atom. The maximum atomic E-state index is 15.2. The lowest BCUT2D eigenvalue weighted by atomic mass is 9.91. The highest BCUT2D eigenvalue weighted by atomic mass is 16.6. The Bertz CT molecular complexity index is 2200. The Balaban J connectivity index is 2.97. The van der Waals surface area contributed by atoms with Crippen LogP contribution in [0.1, 0.15) is 155 Å². The molecule has 0 aromatic rings. The van der Waals surface area contributed by atoms with E-state index in [9.17, 15) is 53.7 Å². The summed E-state index contributed by atoms with van der Waals surface area (Å²) >= 11 is 0. The molecule has 490 valence electrons. The summed E-state index contributed by atoms with van der Waals surface area (Å²) in [5.74, 6) is -7.75. The van der Waals surface area contributed by atoms with Crippen molar-refractivity contribution in [3.8, 4) is 0 Å². The van der Waals surface area contributed by atoms with E-state index in [1.54, 1.807) is 34.7 Å². The van der Waals surface area contributed by atoms with E-state index in [1.165, 1.54) is 52.0 Å². The molecule has 24 nitrogen and oxygen atoms in total. The first kappa shape index (κ1) is 76.1. The number of rotatable bonds is 18. The number of carbonyl (C=O) groups is 9. The molecule has 0 aromatic carbocycles. The number of nitrogens with zero attached hydrogens (tertiary/aromatic N) is 7. The quantitative estimate of drug-likeness (QED) is 0.0767. The second-order valence-corrected chi connectivity index (χ2v) is 26.9. The zero-order valence-electron chi connectivity index (χ0n) is 55.5. The molecule has 13 atom stereocenters. The van der Waals surface area contributed by atoms with Gasteiger partial charge < -0.3 is 55.6 Å². The van der Waals surface area contributed by atoms with Gasteiger partial charge in [-0.25, -0.2) is 9.59 Å². The van der Waals surface area contributed by atoms with E-state index in [1.807, 2.05) is 74.1 Å².